The van der Waals surface area contributed by atoms with Gasteiger partial charge in [0.25, 0.3) is 0 Å². The maximum Gasteiger partial charge on any atom is 0.303 e. The Morgan fingerprint density at radius 1 is 1.33 bits per heavy atom. The molecule has 5 heteroatoms. The molecule has 0 saturated carbocycles. The minimum absolute atomic E-state index is 0.00929. The quantitative estimate of drug-likeness (QED) is 0.610. The Morgan fingerprint density at radius 2 is 2.06 bits per heavy atom. The monoisotopic (exact) mass is 286 g/mol. The van der Waals surface area contributed by atoms with Gasteiger partial charge < -0.3 is 5.11 Å². The molecule has 1 aromatic carbocycles. The number of carboxylic acid groups (broad SMARTS) is 1. The van der Waals surface area contributed by atoms with Gasteiger partial charge in [-0.1, -0.05) is 18.5 Å². The maximum absolute atomic E-state index is 12.0. The van der Waals surface area contributed by atoms with E-state index in [9.17, 15) is 9.59 Å². The Kier molecular flexibility index (Phi) is 6.22. The molecule has 0 amide bonds. The zero-order chi connectivity index (χ0) is 13.5. The highest BCUT2D eigenvalue weighted by molar-refractivity contribution is 7.99. The van der Waals surface area contributed by atoms with Crippen LogP contribution in [-0.4, -0.2) is 22.6 Å². The molecule has 3 nitrogen and oxygen atoms in total. The molecule has 98 valence electrons. The first-order valence-corrected chi connectivity index (χ1v) is 7.08. The van der Waals surface area contributed by atoms with Gasteiger partial charge in [0, 0.05) is 21.9 Å². The normalized spacial score (nSPS) is 10.3. The first-order valence-electron chi connectivity index (χ1n) is 5.72. The SMILES string of the molecule is CCCSc1ccc(Cl)cc1C(=O)CCC(=O)O. The lowest BCUT2D eigenvalue weighted by molar-refractivity contribution is -0.136. The van der Waals surface area contributed by atoms with Crippen LogP contribution in [0.2, 0.25) is 5.02 Å². The molecule has 0 aliphatic carbocycles. The summed E-state index contributed by atoms with van der Waals surface area (Å²) in [6, 6.07) is 5.17. The topological polar surface area (TPSA) is 54.4 Å². The molecule has 0 unspecified atom stereocenters. The van der Waals surface area contributed by atoms with Gasteiger partial charge in [0.15, 0.2) is 5.78 Å². The molecular formula is C13H15ClO3S. The van der Waals surface area contributed by atoms with E-state index in [4.69, 9.17) is 16.7 Å². The first kappa shape index (κ1) is 15.1. The Bertz CT molecular complexity index is 446. The lowest BCUT2D eigenvalue weighted by Gasteiger charge is -2.08. The number of hydrogen-bond donors (Lipinski definition) is 1. The predicted molar refractivity (Wildman–Crippen MR) is 73.7 cm³/mol. The Balaban J connectivity index is 2.86. The van der Waals surface area contributed by atoms with Crippen LogP contribution in [0.3, 0.4) is 0 Å². The summed E-state index contributed by atoms with van der Waals surface area (Å²) >= 11 is 7.47. The summed E-state index contributed by atoms with van der Waals surface area (Å²) in [5.74, 6) is -0.215. The lowest BCUT2D eigenvalue weighted by Crippen LogP contribution is -2.05. The summed E-state index contributed by atoms with van der Waals surface area (Å²) < 4.78 is 0. The molecule has 0 spiro atoms. The van der Waals surface area contributed by atoms with Gasteiger partial charge in [-0.2, -0.15) is 0 Å². The highest BCUT2D eigenvalue weighted by Crippen LogP contribution is 2.27. The lowest BCUT2D eigenvalue weighted by atomic mass is 10.1. The highest BCUT2D eigenvalue weighted by Gasteiger charge is 2.13. The van der Waals surface area contributed by atoms with E-state index in [1.54, 1.807) is 23.9 Å². The van der Waals surface area contributed by atoms with E-state index in [0.29, 0.717) is 10.6 Å². The summed E-state index contributed by atoms with van der Waals surface area (Å²) in [7, 11) is 0. The van der Waals surface area contributed by atoms with E-state index in [1.807, 2.05) is 6.07 Å². The standard InChI is InChI=1S/C13H15ClO3S/c1-2-7-18-12-5-3-9(14)8-10(12)11(15)4-6-13(16)17/h3,5,8H,2,4,6-7H2,1H3,(H,16,17). The molecule has 0 atom stereocenters. The van der Waals surface area contributed by atoms with Crippen LogP contribution < -0.4 is 0 Å². The molecule has 0 saturated heterocycles. The number of carboxylic acids is 1. The number of carbonyl (C=O) groups excluding carboxylic acids is 1. The number of halogens is 1. The molecule has 0 aliphatic heterocycles. The average molecular weight is 287 g/mol. The van der Waals surface area contributed by atoms with Gasteiger partial charge in [0.05, 0.1) is 6.42 Å². The van der Waals surface area contributed by atoms with Crippen LogP contribution >= 0.6 is 23.4 Å². The molecule has 0 fully saturated rings. The second kappa shape index (κ2) is 7.44. The van der Waals surface area contributed by atoms with Gasteiger partial charge in [-0.3, -0.25) is 9.59 Å². The first-order chi connectivity index (χ1) is 8.54. The highest BCUT2D eigenvalue weighted by atomic mass is 35.5. The van der Waals surface area contributed by atoms with Crippen molar-refractivity contribution in [1.82, 2.24) is 0 Å². The van der Waals surface area contributed by atoms with Crippen molar-refractivity contribution in [1.29, 1.82) is 0 Å². The maximum atomic E-state index is 12.0. The smallest absolute Gasteiger partial charge is 0.303 e. The van der Waals surface area contributed by atoms with E-state index < -0.39 is 5.97 Å². The molecule has 1 N–H and O–H groups in total. The third-order valence-electron chi connectivity index (χ3n) is 2.27. The fourth-order valence-electron chi connectivity index (χ4n) is 1.41. The van der Waals surface area contributed by atoms with Crippen LogP contribution in [0.15, 0.2) is 23.1 Å². The number of aliphatic carboxylic acids is 1. The van der Waals surface area contributed by atoms with E-state index in [1.165, 1.54) is 0 Å². The minimum Gasteiger partial charge on any atom is -0.481 e. The van der Waals surface area contributed by atoms with Crippen LogP contribution in [0, 0.1) is 0 Å². The zero-order valence-corrected chi connectivity index (χ0v) is 11.7. The molecule has 1 aromatic rings. The van der Waals surface area contributed by atoms with Gasteiger partial charge in [-0.15, -0.1) is 11.8 Å². The fourth-order valence-corrected chi connectivity index (χ4v) is 2.50. The Labute approximate surface area is 116 Å². The molecule has 0 radical (unpaired) electrons. The summed E-state index contributed by atoms with van der Waals surface area (Å²) in [5, 5.41) is 9.09. The van der Waals surface area contributed by atoms with Crippen molar-refractivity contribution in [3.8, 4) is 0 Å². The summed E-state index contributed by atoms with van der Waals surface area (Å²) in [5.41, 5.74) is 0.530. The molecule has 0 aromatic heterocycles. The Morgan fingerprint density at radius 3 is 2.67 bits per heavy atom. The number of Topliss-reactive ketones (excluding diaryl/α,β-unsaturated/α-hetero) is 1. The van der Waals surface area contributed by atoms with Crippen LogP contribution in [0.1, 0.15) is 36.5 Å². The van der Waals surface area contributed by atoms with Gasteiger partial charge in [0.2, 0.25) is 0 Å². The van der Waals surface area contributed by atoms with Gasteiger partial charge in [-0.25, -0.2) is 0 Å². The van der Waals surface area contributed by atoms with Crippen molar-refractivity contribution in [3.63, 3.8) is 0 Å². The van der Waals surface area contributed by atoms with Crippen molar-refractivity contribution in [2.45, 2.75) is 31.1 Å². The van der Waals surface area contributed by atoms with Crippen LogP contribution in [0.25, 0.3) is 0 Å². The summed E-state index contributed by atoms with van der Waals surface area (Å²) in [4.78, 5) is 23.3. The Hall–Kier alpha value is -1.00. The van der Waals surface area contributed by atoms with Crippen LogP contribution in [0.5, 0.6) is 0 Å². The number of thioether (sulfide) groups is 1. The number of hydrogen-bond acceptors (Lipinski definition) is 3. The predicted octanol–water partition coefficient (Wildman–Crippen LogP) is 3.89. The van der Waals surface area contributed by atoms with Crippen molar-refractivity contribution in [2.24, 2.45) is 0 Å². The van der Waals surface area contributed by atoms with Gasteiger partial charge >= 0.3 is 5.97 Å². The van der Waals surface area contributed by atoms with Crippen LogP contribution in [0.4, 0.5) is 0 Å². The third-order valence-corrected chi connectivity index (χ3v) is 3.78. The fraction of sp³-hybridized carbons (Fsp3) is 0.385. The van der Waals surface area contributed by atoms with E-state index in [-0.39, 0.29) is 18.6 Å². The summed E-state index contributed by atoms with van der Waals surface area (Å²) in [6.07, 6.45) is 0.870. The third kappa shape index (κ3) is 4.70. The second-order valence-corrected chi connectivity index (χ2v) is 5.38. The van der Waals surface area contributed by atoms with Crippen molar-refractivity contribution >= 4 is 35.1 Å². The molecular weight excluding hydrogens is 272 g/mol. The van der Waals surface area contributed by atoms with E-state index in [0.717, 1.165) is 17.1 Å². The van der Waals surface area contributed by atoms with Crippen LogP contribution in [-0.2, 0) is 4.79 Å². The number of carbonyl (C=O) groups is 2. The van der Waals surface area contributed by atoms with Crippen molar-refractivity contribution in [2.75, 3.05) is 5.75 Å². The number of benzene rings is 1. The summed E-state index contributed by atoms with van der Waals surface area (Å²) in [6.45, 7) is 2.06. The van der Waals surface area contributed by atoms with Crippen molar-refractivity contribution < 1.29 is 14.7 Å². The van der Waals surface area contributed by atoms with E-state index >= 15 is 0 Å². The van der Waals surface area contributed by atoms with Gasteiger partial charge in [0.1, 0.15) is 0 Å². The molecule has 0 heterocycles. The molecule has 18 heavy (non-hydrogen) atoms. The molecule has 1 rings (SSSR count). The zero-order valence-electron chi connectivity index (χ0n) is 10.1. The minimum atomic E-state index is -0.965. The van der Waals surface area contributed by atoms with E-state index in [2.05, 4.69) is 6.92 Å². The average Bonchev–Trinajstić information content (AvgIpc) is 2.34. The van der Waals surface area contributed by atoms with Crippen molar-refractivity contribution in [3.05, 3.63) is 28.8 Å². The molecule has 0 bridgehead atoms. The molecule has 0 aliphatic rings. The van der Waals surface area contributed by atoms with Gasteiger partial charge in [-0.05, 0) is 30.4 Å². The number of rotatable bonds is 7. The number of ketones is 1. The second-order valence-electron chi connectivity index (χ2n) is 3.81. The largest absolute Gasteiger partial charge is 0.481 e.